The molecule has 3 aromatic rings. The zero-order valence-electron chi connectivity index (χ0n) is 11.2. The molecule has 0 saturated heterocycles. The Hall–Kier alpha value is -2.62. The first-order valence-corrected chi connectivity index (χ1v) is 6.50. The summed E-state index contributed by atoms with van der Waals surface area (Å²) in [5.74, 6) is -0.0692. The smallest absolute Gasteiger partial charge is 0.251 e. The maximum atomic E-state index is 12.0. The van der Waals surface area contributed by atoms with Gasteiger partial charge in [0, 0.05) is 23.9 Å². The highest BCUT2D eigenvalue weighted by atomic mass is 16.1. The lowest BCUT2D eigenvalue weighted by Gasteiger charge is -2.04. The second-order valence-corrected chi connectivity index (χ2v) is 4.75. The number of nitrogens with one attached hydrogen (secondary N) is 1. The molecular formula is C16H15N3O. The number of amides is 1. The first-order chi connectivity index (χ1) is 9.74. The lowest BCUT2D eigenvalue weighted by molar-refractivity contribution is 0.0951. The molecule has 1 amide bonds. The van der Waals surface area contributed by atoms with Crippen molar-refractivity contribution in [2.75, 3.05) is 0 Å². The van der Waals surface area contributed by atoms with Gasteiger partial charge in [0.05, 0.1) is 11.7 Å². The molecule has 0 spiro atoms. The monoisotopic (exact) mass is 265 g/mol. The van der Waals surface area contributed by atoms with Crippen LogP contribution in [-0.2, 0) is 6.54 Å². The summed E-state index contributed by atoms with van der Waals surface area (Å²) < 4.78 is 1.80. The van der Waals surface area contributed by atoms with Crippen molar-refractivity contribution in [3.8, 4) is 0 Å². The number of rotatable bonds is 3. The van der Waals surface area contributed by atoms with Gasteiger partial charge in [-0.2, -0.15) is 5.10 Å². The number of aromatic nitrogens is 2. The van der Waals surface area contributed by atoms with Gasteiger partial charge in [-0.15, -0.1) is 0 Å². The molecule has 4 nitrogen and oxygen atoms in total. The van der Waals surface area contributed by atoms with Gasteiger partial charge in [0.25, 0.3) is 5.91 Å². The third-order valence-electron chi connectivity index (χ3n) is 3.26. The van der Waals surface area contributed by atoms with Crippen molar-refractivity contribution in [2.24, 2.45) is 0 Å². The lowest BCUT2D eigenvalue weighted by Crippen LogP contribution is -2.22. The maximum Gasteiger partial charge on any atom is 0.251 e. The van der Waals surface area contributed by atoms with Crippen LogP contribution >= 0.6 is 0 Å². The fourth-order valence-corrected chi connectivity index (χ4v) is 2.11. The van der Waals surface area contributed by atoms with E-state index in [0.29, 0.717) is 12.1 Å². The minimum atomic E-state index is -0.0692. The molecule has 0 aliphatic rings. The minimum absolute atomic E-state index is 0.0692. The number of hydrogen-bond acceptors (Lipinski definition) is 2. The summed E-state index contributed by atoms with van der Waals surface area (Å²) in [6, 6.07) is 13.4. The SMILES string of the molecule is Cc1ccc(C(=O)NCc2cnn3ccccc23)cc1. The van der Waals surface area contributed by atoms with Gasteiger partial charge in [0.2, 0.25) is 0 Å². The van der Waals surface area contributed by atoms with Crippen molar-refractivity contribution in [3.05, 3.63) is 71.5 Å². The average molecular weight is 265 g/mol. The Balaban J connectivity index is 1.73. The predicted octanol–water partition coefficient (Wildman–Crippen LogP) is 2.57. The highest BCUT2D eigenvalue weighted by Gasteiger charge is 2.07. The summed E-state index contributed by atoms with van der Waals surface area (Å²) in [6.07, 6.45) is 3.67. The molecule has 0 aliphatic carbocycles. The molecule has 0 aliphatic heterocycles. The Morgan fingerprint density at radius 2 is 2.00 bits per heavy atom. The number of pyridine rings is 1. The van der Waals surface area contributed by atoms with E-state index < -0.39 is 0 Å². The van der Waals surface area contributed by atoms with E-state index >= 15 is 0 Å². The zero-order chi connectivity index (χ0) is 13.9. The molecule has 1 N–H and O–H groups in total. The van der Waals surface area contributed by atoms with E-state index in [2.05, 4.69) is 10.4 Å². The van der Waals surface area contributed by atoms with E-state index in [1.165, 1.54) is 0 Å². The molecule has 0 bridgehead atoms. The largest absolute Gasteiger partial charge is 0.348 e. The van der Waals surface area contributed by atoms with Crippen LogP contribution in [0.15, 0.2) is 54.9 Å². The summed E-state index contributed by atoms with van der Waals surface area (Å²) in [6.45, 7) is 2.47. The van der Waals surface area contributed by atoms with Gasteiger partial charge >= 0.3 is 0 Å². The van der Waals surface area contributed by atoms with E-state index in [0.717, 1.165) is 16.6 Å². The molecule has 2 aromatic heterocycles. The number of carbonyl (C=O) groups excluding carboxylic acids is 1. The molecule has 20 heavy (non-hydrogen) atoms. The third-order valence-corrected chi connectivity index (χ3v) is 3.26. The van der Waals surface area contributed by atoms with Gasteiger partial charge < -0.3 is 5.32 Å². The summed E-state index contributed by atoms with van der Waals surface area (Å²) in [5, 5.41) is 7.17. The normalized spacial score (nSPS) is 10.7. The Kier molecular flexibility index (Phi) is 3.21. The molecule has 4 heteroatoms. The Morgan fingerprint density at radius 3 is 2.80 bits per heavy atom. The van der Waals surface area contributed by atoms with Crippen LogP contribution in [-0.4, -0.2) is 15.5 Å². The average Bonchev–Trinajstić information content (AvgIpc) is 2.89. The van der Waals surface area contributed by atoms with E-state index in [1.807, 2.05) is 55.6 Å². The summed E-state index contributed by atoms with van der Waals surface area (Å²) >= 11 is 0. The van der Waals surface area contributed by atoms with Crippen molar-refractivity contribution in [1.29, 1.82) is 0 Å². The van der Waals surface area contributed by atoms with E-state index in [-0.39, 0.29) is 5.91 Å². The van der Waals surface area contributed by atoms with Crippen molar-refractivity contribution in [1.82, 2.24) is 14.9 Å². The molecule has 100 valence electrons. The lowest BCUT2D eigenvalue weighted by atomic mass is 10.1. The summed E-state index contributed by atoms with van der Waals surface area (Å²) in [5.41, 5.74) is 3.83. The molecule has 2 heterocycles. The van der Waals surface area contributed by atoms with Gasteiger partial charge in [-0.3, -0.25) is 4.79 Å². The molecule has 0 fully saturated rings. The first kappa shape index (κ1) is 12.4. The van der Waals surface area contributed by atoms with Crippen molar-refractivity contribution in [2.45, 2.75) is 13.5 Å². The van der Waals surface area contributed by atoms with Crippen molar-refractivity contribution in [3.63, 3.8) is 0 Å². The zero-order valence-corrected chi connectivity index (χ0v) is 11.2. The molecule has 1 aromatic carbocycles. The van der Waals surface area contributed by atoms with Crippen molar-refractivity contribution < 1.29 is 4.79 Å². The molecule has 0 unspecified atom stereocenters. The molecule has 3 rings (SSSR count). The van der Waals surface area contributed by atoms with Crippen LogP contribution in [0.3, 0.4) is 0 Å². The van der Waals surface area contributed by atoms with Crippen LogP contribution in [0.2, 0.25) is 0 Å². The van der Waals surface area contributed by atoms with Crippen LogP contribution < -0.4 is 5.32 Å². The topological polar surface area (TPSA) is 46.4 Å². The Labute approximate surface area is 117 Å². The minimum Gasteiger partial charge on any atom is -0.348 e. The molecule has 0 radical (unpaired) electrons. The first-order valence-electron chi connectivity index (χ1n) is 6.50. The van der Waals surface area contributed by atoms with Crippen LogP contribution in [0.4, 0.5) is 0 Å². The predicted molar refractivity (Wildman–Crippen MR) is 77.5 cm³/mol. The van der Waals surface area contributed by atoms with E-state index in [9.17, 15) is 4.79 Å². The van der Waals surface area contributed by atoms with Gasteiger partial charge in [-0.05, 0) is 31.2 Å². The number of nitrogens with zero attached hydrogens (tertiary/aromatic N) is 2. The number of benzene rings is 1. The Bertz CT molecular complexity index is 744. The fourth-order valence-electron chi connectivity index (χ4n) is 2.11. The van der Waals surface area contributed by atoms with Crippen LogP contribution in [0.1, 0.15) is 21.5 Å². The molecule has 0 atom stereocenters. The Morgan fingerprint density at radius 1 is 1.20 bits per heavy atom. The van der Waals surface area contributed by atoms with Gasteiger partial charge in [0.15, 0.2) is 0 Å². The second-order valence-electron chi connectivity index (χ2n) is 4.75. The van der Waals surface area contributed by atoms with Crippen molar-refractivity contribution >= 4 is 11.4 Å². The molecule has 0 saturated carbocycles. The van der Waals surface area contributed by atoms with Gasteiger partial charge in [0.1, 0.15) is 0 Å². The van der Waals surface area contributed by atoms with E-state index in [1.54, 1.807) is 10.7 Å². The standard InChI is InChI=1S/C16H15N3O/c1-12-5-7-13(8-6-12)16(20)17-10-14-11-18-19-9-3-2-4-15(14)19/h2-9,11H,10H2,1H3,(H,17,20). The maximum absolute atomic E-state index is 12.0. The van der Waals surface area contributed by atoms with Crippen LogP contribution in [0.25, 0.3) is 5.52 Å². The van der Waals surface area contributed by atoms with Crippen LogP contribution in [0.5, 0.6) is 0 Å². The van der Waals surface area contributed by atoms with E-state index in [4.69, 9.17) is 0 Å². The number of carbonyl (C=O) groups is 1. The number of fused-ring (bicyclic) bond motifs is 1. The summed E-state index contributed by atoms with van der Waals surface area (Å²) in [7, 11) is 0. The van der Waals surface area contributed by atoms with Gasteiger partial charge in [-0.25, -0.2) is 4.52 Å². The van der Waals surface area contributed by atoms with Gasteiger partial charge in [-0.1, -0.05) is 23.8 Å². The third kappa shape index (κ3) is 2.40. The fraction of sp³-hybridized carbons (Fsp3) is 0.125. The highest BCUT2D eigenvalue weighted by Crippen LogP contribution is 2.10. The van der Waals surface area contributed by atoms with Crippen LogP contribution in [0, 0.1) is 6.92 Å². The second kappa shape index (κ2) is 5.17. The number of aryl methyl sites for hydroxylation is 1. The summed E-state index contributed by atoms with van der Waals surface area (Å²) in [4.78, 5) is 12.0. The molecular weight excluding hydrogens is 250 g/mol. The number of hydrogen-bond donors (Lipinski definition) is 1. The highest BCUT2D eigenvalue weighted by molar-refractivity contribution is 5.94. The quantitative estimate of drug-likeness (QED) is 0.791.